The van der Waals surface area contributed by atoms with Gasteiger partial charge in [0.1, 0.15) is 0 Å². The van der Waals surface area contributed by atoms with Gasteiger partial charge in [-0.1, -0.05) is 13.8 Å². The van der Waals surface area contributed by atoms with Crippen LogP contribution >= 0.6 is 0 Å². The molecule has 72 valence electrons. The maximum atomic E-state index is 9.56. The van der Waals surface area contributed by atoms with Crippen molar-refractivity contribution < 1.29 is 9.84 Å². The van der Waals surface area contributed by atoms with E-state index in [1.165, 1.54) is 0 Å². The fourth-order valence-electron chi connectivity index (χ4n) is 2.17. The summed E-state index contributed by atoms with van der Waals surface area (Å²) in [4.78, 5) is 0. The normalized spacial score (nSPS) is 35.0. The highest BCUT2D eigenvalue weighted by Gasteiger charge is 2.33. The van der Waals surface area contributed by atoms with Gasteiger partial charge in [-0.2, -0.15) is 0 Å². The first-order chi connectivity index (χ1) is 5.53. The van der Waals surface area contributed by atoms with Crippen LogP contribution in [0.15, 0.2) is 0 Å². The van der Waals surface area contributed by atoms with Crippen LogP contribution in [0.3, 0.4) is 0 Å². The first kappa shape index (κ1) is 10.0. The molecule has 0 amide bonds. The lowest BCUT2D eigenvalue weighted by Crippen LogP contribution is -2.36. The third kappa shape index (κ3) is 2.76. The molecule has 1 aliphatic carbocycles. The molecule has 12 heavy (non-hydrogen) atoms. The Bertz CT molecular complexity index is 143. The van der Waals surface area contributed by atoms with Gasteiger partial charge in [0.25, 0.3) is 0 Å². The van der Waals surface area contributed by atoms with Crippen molar-refractivity contribution >= 4 is 0 Å². The van der Waals surface area contributed by atoms with Crippen molar-refractivity contribution in [2.24, 2.45) is 5.41 Å². The van der Waals surface area contributed by atoms with Crippen molar-refractivity contribution in [3.63, 3.8) is 0 Å². The third-order valence-electron chi connectivity index (χ3n) is 2.51. The van der Waals surface area contributed by atoms with Gasteiger partial charge in [0, 0.05) is 6.61 Å². The van der Waals surface area contributed by atoms with Crippen LogP contribution in [-0.4, -0.2) is 23.9 Å². The Morgan fingerprint density at radius 3 is 2.58 bits per heavy atom. The number of rotatable bonds is 2. The monoisotopic (exact) mass is 172 g/mol. The van der Waals surface area contributed by atoms with E-state index in [0.29, 0.717) is 0 Å². The van der Waals surface area contributed by atoms with Crippen molar-refractivity contribution in [3.8, 4) is 0 Å². The molecule has 1 saturated carbocycles. The summed E-state index contributed by atoms with van der Waals surface area (Å²) in [6.07, 6.45) is 2.92. The predicted molar refractivity (Wildman–Crippen MR) is 49.1 cm³/mol. The number of aliphatic hydroxyl groups is 1. The molecule has 1 fully saturated rings. The van der Waals surface area contributed by atoms with E-state index in [1.807, 2.05) is 6.92 Å². The summed E-state index contributed by atoms with van der Waals surface area (Å²) in [5.41, 5.74) is 0.248. The zero-order valence-corrected chi connectivity index (χ0v) is 8.34. The minimum Gasteiger partial charge on any atom is -0.393 e. The number of hydrogen-bond donors (Lipinski definition) is 1. The molecular formula is C10H20O2. The summed E-state index contributed by atoms with van der Waals surface area (Å²) >= 11 is 0. The van der Waals surface area contributed by atoms with E-state index in [9.17, 15) is 5.11 Å². The summed E-state index contributed by atoms with van der Waals surface area (Å²) in [7, 11) is 0. The summed E-state index contributed by atoms with van der Waals surface area (Å²) in [6, 6.07) is 0. The average Bonchev–Trinajstić information content (AvgIpc) is 1.82. The summed E-state index contributed by atoms with van der Waals surface area (Å²) < 4.78 is 5.53. The van der Waals surface area contributed by atoms with E-state index in [4.69, 9.17) is 4.74 Å². The molecule has 2 atom stereocenters. The summed E-state index contributed by atoms with van der Waals surface area (Å²) in [5.74, 6) is 0. The first-order valence-corrected chi connectivity index (χ1v) is 4.83. The topological polar surface area (TPSA) is 29.5 Å². The molecule has 0 aliphatic heterocycles. The largest absolute Gasteiger partial charge is 0.393 e. The molecule has 0 radical (unpaired) electrons. The maximum absolute atomic E-state index is 9.56. The molecule has 1 aliphatic rings. The van der Waals surface area contributed by atoms with Crippen molar-refractivity contribution in [1.82, 2.24) is 0 Å². The van der Waals surface area contributed by atoms with Crippen LogP contribution in [0.25, 0.3) is 0 Å². The van der Waals surface area contributed by atoms with E-state index < -0.39 is 0 Å². The Kier molecular flexibility index (Phi) is 3.13. The highest BCUT2D eigenvalue weighted by atomic mass is 16.5. The van der Waals surface area contributed by atoms with E-state index in [1.54, 1.807) is 0 Å². The van der Waals surface area contributed by atoms with Crippen LogP contribution < -0.4 is 0 Å². The van der Waals surface area contributed by atoms with Gasteiger partial charge in [0.05, 0.1) is 12.2 Å². The van der Waals surface area contributed by atoms with Gasteiger partial charge in [-0.05, 0) is 31.6 Å². The molecule has 2 unspecified atom stereocenters. The van der Waals surface area contributed by atoms with E-state index in [-0.39, 0.29) is 17.6 Å². The zero-order valence-electron chi connectivity index (χ0n) is 8.34. The van der Waals surface area contributed by atoms with Crippen molar-refractivity contribution in [2.45, 2.75) is 52.2 Å². The molecule has 0 aromatic carbocycles. The Labute approximate surface area is 74.9 Å². The molecule has 0 aromatic heterocycles. The van der Waals surface area contributed by atoms with Crippen LogP contribution in [0.2, 0.25) is 0 Å². The molecule has 0 bridgehead atoms. The standard InChI is InChI=1S/C10H20O2/c1-4-12-9-5-8(11)6-10(2,3)7-9/h8-9,11H,4-7H2,1-3H3. The highest BCUT2D eigenvalue weighted by Crippen LogP contribution is 2.36. The van der Waals surface area contributed by atoms with Crippen LogP contribution in [0.1, 0.15) is 40.0 Å². The second-order valence-corrected chi connectivity index (χ2v) is 4.54. The van der Waals surface area contributed by atoms with Gasteiger partial charge in [0.15, 0.2) is 0 Å². The number of hydrogen-bond acceptors (Lipinski definition) is 2. The molecule has 0 heterocycles. The molecule has 2 nitrogen and oxygen atoms in total. The van der Waals surface area contributed by atoms with Gasteiger partial charge in [-0.3, -0.25) is 0 Å². The molecular weight excluding hydrogens is 152 g/mol. The quantitative estimate of drug-likeness (QED) is 0.690. The number of ether oxygens (including phenoxy) is 1. The van der Waals surface area contributed by atoms with Crippen LogP contribution in [0.4, 0.5) is 0 Å². The first-order valence-electron chi connectivity index (χ1n) is 4.83. The lowest BCUT2D eigenvalue weighted by atomic mass is 9.75. The average molecular weight is 172 g/mol. The Morgan fingerprint density at radius 2 is 2.08 bits per heavy atom. The highest BCUT2D eigenvalue weighted by molar-refractivity contribution is 4.84. The lowest BCUT2D eigenvalue weighted by molar-refractivity contribution is -0.0504. The van der Waals surface area contributed by atoms with Gasteiger partial charge >= 0.3 is 0 Å². The molecule has 1 N–H and O–H groups in total. The minimum absolute atomic E-state index is 0.162. The molecule has 2 heteroatoms. The molecule has 0 spiro atoms. The Morgan fingerprint density at radius 1 is 1.42 bits per heavy atom. The number of aliphatic hydroxyl groups excluding tert-OH is 1. The van der Waals surface area contributed by atoms with Crippen molar-refractivity contribution in [3.05, 3.63) is 0 Å². The maximum Gasteiger partial charge on any atom is 0.0604 e. The zero-order chi connectivity index (χ0) is 9.19. The Balaban J connectivity index is 2.46. The second-order valence-electron chi connectivity index (χ2n) is 4.54. The van der Waals surface area contributed by atoms with Crippen LogP contribution in [0.5, 0.6) is 0 Å². The van der Waals surface area contributed by atoms with Gasteiger partial charge in [0.2, 0.25) is 0 Å². The fraction of sp³-hybridized carbons (Fsp3) is 1.00. The lowest BCUT2D eigenvalue weighted by Gasteiger charge is -2.37. The van der Waals surface area contributed by atoms with Crippen LogP contribution in [-0.2, 0) is 4.74 Å². The predicted octanol–water partition coefficient (Wildman–Crippen LogP) is 1.96. The summed E-state index contributed by atoms with van der Waals surface area (Å²) in [6.45, 7) is 7.16. The van der Waals surface area contributed by atoms with E-state index in [0.717, 1.165) is 25.9 Å². The minimum atomic E-state index is -0.162. The van der Waals surface area contributed by atoms with Gasteiger partial charge in [-0.15, -0.1) is 0 Å². The smallest absolute Gasteiger partial charge is 0.0604 e. The molecule has 0 saturated heterocycles. The Hall–Kier alpha value is -0.0800. The molecule has 1 rings (SSSR count). The van der Waals surface area contributed by atoms with E-state index >= 15 is 0 Å². The molecule has 0 aromatic rings. The van der Waals surface area contributed by atoms with Crippen LogP contribution in [0, 0.1) is 5.41 Å². The SMILES string of the molecule is CCOC1CC(O)CC(C)(C)C1. The summed E-state index contributed by atoms with van der Waals surface area (Å²) in [5, 5.41) is 9.56. The third-order valence-corrected chi connectivity index (χ3v) is 2.51. The van der Waals surface area contributed by atoms with Crippen molar-refractivity contribution in [1.29, 1.82) is 0 Å². The van der Waals surface area contributed by atoms with Gasteiger partial charge < -0.3 is 9.84 Å². The second kappa shape index (κ2) is 3.75. The van der Waals surface area contributed by atoms with E-state index in [2.05, 4.69) is 13.8 Å². The fourth-order valence-corrected chi connectivity index (χ4v) is 2.17. The van der Waals surface area contributed by atoms with Crippen molar-refractivity contribution in [2.75, 3.05) is 6.61 Å². The van der Waals surface area contributed by atoms with Gasteiger partial charge in [-0.25, -0.2) is 0 Å².